The van der Waals surface area contributed by atoms with Crippen LogP contribution < -0.4 is 0 Å². The summed E-state index contributed by atoms with van der Waals surface area (Å²) in [4.78, 5) is 23.5. The van der Waals surface area contributed by atoms with Crippen molar-refractivity contribution in [1.82, 2.24) is 0 Å². The molecule has 0 aromatic heterocycles. The second-order valence-corrected chi connectivity index (χ2v) is 11.8. The van der Waals surface area contributed by atoms with Crippen LogP contribution in [0.4, 0.5) is 0 Å². The first-order valence-corrected chi connectivity index (χ1v) is 12.0. The van der Waals surface area contributed by atoms with Gasteiger partial charge in [0.15, 0.2) is 0 Å². The Morgan fingerprint density at radius 2 is 0.909 bits per heavy atom. The molecule has 0 amide bonds. The van der Waals surface area contributed by atoms with Gasteiger partial charge < -0.3 is 0 Å². The molecule has 0 bridgehead atoms. The number of rotatable bonds is 4. The average Bonchev–Trinajstić information content (AvgIpc) is 2.57. The van der Waals surface area contributed by atoms with Gasteiger partial charge >= 0.3 is 135 Å². The molecule has 3 saturated carbocycles. The molecular formula is C18H35O3P. The molecule has 0 heterocycles. The second kappa shape index (κ2) is 7.05. The minimum absolute atomic E-state index is 0.0322. The second-order valence-electron chi connectivity index (χ2n) is 8.02. The minimum atomic E-state index is -4.03. The van der Waals surface area contributed by atoms with E-state index in [4.69, 9.17) is 4.52 Å². The molecule has 130 valence electrons. The van der Waals surface area contributed by atoms with Crippen LogP contribution in [0, 0.1) is 0 Å². The van der Waals surface area contributed by atoms with E-state index in [0.29, 0.717) is 0 Å². The zero-order valence-electron chi connectivity index (χ0n) is 14.1. The van der Waals surface area contributed by atoms with E-state index in [1.807, 2.05) is 0 Å². The average molecular weight is 330 g/mol. The van der Waals surface area contributed by atoms with E-state index in [9.17, 15) is 9.79 Å². The Bertz CT molecular complexity index is 331. The van der Waals surface area contributed by atoms with E-state index in [1.165, 1.54) is 32.1 Å². The van der Waals surface area contributed by atoms with E-state index >= 15 is 0 Å². The topological polar surface area (TPSA) is 49.7 Å². The Labute approximate surface area is 136 Å². The third-order valence-electron chi connectivity index (χ3n) is 6.44. The molecule has 3 nitrogen and oxygen atoms in total. The van der Waals surface area contributed by atoms with Crippen molar-refractivity contribution >= 4 is 7.28 Å². The predicted molar refractivity (Wildman–Crippen MR) is 93.1 cm³/mol. The number of hydrogen-bond acceptors (Lipinski definition) is 3. The van der Waals surface area contributed by atoms with Crippen molar-refractivity contribution in [2.24, 2.45) is 0 Å². The van der Waals surface area contributed by atoms with E-state index < -0.39 is 7.28 Å². The molecule has 3 aliphatic rings. The predicted octanol–water partition coefficient (Wildman–Crippen LogP) is 5.28. The van der Waals surface area contributed by atoms with Crippen LogP contribution in [0.1, 0.15) is 96.3 Å². The Kier molecular flexibility index (Phi) is 5.49. The third kappa shape index (κ3) is 3.53. The monoisotopic (exact) mass is 330 g/mol. The van der Waals surface area contributed by atoms with Gasteiger partial charge in [0.25, 0.3) is 0 Å². The van der Waals surface area contributed by atoms with Crippen LogP contribution in [-0.4, -0.2) is 27.2 Å². The van der Waals surface area contributed by atoms with E-state index in [1.54, 1.807) is 0 Å². The molecule has 4 heteroatoms. The van der Waals surface area contributed by atoms with E-state index in [2.05, 4.69) is 0 Å². The van der Waals surface area contributed by atoms with Gasteiger partial charge in [-0.05, 0) is 0 Å². The van der Waals surface area contributed by atoms with Crippen molar-refractivity contribution in [2.45, 2.75) is 114 Å². The Morgan fingerprint density at radius 3 is 1.32 bits per heavy atom. The fourth-order valence-electron chi connectivity index (χ4n) is 5.08. The molecule has 0 atom stereocenters. The van der Waals surface area contributed by atoms with E-state index in [0.717, 1.165) is 64.2 Å². The van der Waals surface area contributed by atoms with Crippen molar-refractivity contribution in [1.29, 1.82) is 0 Å². The number of hydrogen-bond donors (Lipinski definition) is 2. The molecule has 0 radical (unpaired) electrons. The van der Waals surface area contributed by atoms with Crippen LogP contribution >= 0.6 is 7.28 Å². The molecule has 3 fully saturated rings. The quantitative estimate of drug-likeness (QED) is 0.689. The zero-order valence-corrected chi connectivity index (χ0v) is 15.0. The summed E-state index contributed by atoms with van der Waals surface area (Å²) in [5.74, 6) is 0. The molecule has 0 aromatic carbocycles. The summed E-state index contributed by atoms with van der Waals surface area (Å²) in [7, 11) is -4.03. The van der Waals surface area contributed by atoms with Crippen molar-refractivity contribution < 1.29 is 14.3 Å². The molecular weight excluding hydrogens is 295 g/mol. The maximum atomic E-state index is 11.7. The Hall–Kier alpha value is 0.310. The molecule has 0 unspecified atom stereocenters. The fourth-order valence-corrected chi connectivity index (χ4v) is 9.51. The first kappa shape index (κ1) is 17.1. The molecule has 22 heavy (non-hydrogen) atoms. The van der Waals surface area contributed by atoms with Crippen molar-refractivity contribution in [3.63, 3.8) is 0 Å². The van der Waals surface area contributed by atoms with Crippen LogP contribution in [0.25, 0.3) is 0 Å². The normalized spacial score (nSPS) is 29.1. The van der Waals surface area contributed by atoms with E-state index in [-0.39, 0.29) is 17.4 Å². The summed E-state index contributed by atoms with van der Waals surface area (Å²) < 4.78 is 6.39. The molecule has 0 aliphatic heterocycles. The maximum absolute atomic E-state index is 11.7. The van der Waals surface area contributed by atoms with Crippen LogP contribution in [-0.2, 0) is 4.52 Å². The molecule has 0 aromatic rings. The summed E-state index contributed by atoms with van der Waals surface area (Å²) in [6.07, 6.45) is 16.7. The Balaban J connectivity index is 1.81. The van der Waals surface area contributed by atoms with Gasteiger partial charge in [-0.2, -0.15) is 0 Å². The summed E-state index contributed by atoms with van der Waals surface area (Å²) in [5, 5.41) is 0. The van der Waals surface area contributed by atoms with Gasteiger partial charge in [0.2, 0.25) is 0 Å². The van der Waals surface area contributed by atoms with Crippen LogP contribution in [0.15, 0.2) is 0 Å². The van der Waals surface area contributed by atoms with Gasteiger partial charge in [0.05, 0.1) is 0 Å². The van der Waals surface area contributed by atoms with Gasteiger partial charge in [-0.3, -0.25) is 0 Å². The van der Waals surface area contributed by atoms with Crippen molar-refractivity contribution in [3.8, 4) is 0 Å². The molecule has 3 rings (SSSR count). The van der Waals surface area contributed by atoms with Gasteiger partial charge in [-0.1, -0.05) is 0 Å². The van der Waals surface area contributed by atoms with Crippen molar-refractivity contribution in [3.05, 3.63) is 0 Å². The molecule has 2 N–H and O–H groups in total. The Morgan fingerprint density at radius 1 is 0.545 bits per heavy atom. The van der Waals surface area contributed by atoms with Gasteiger partial charge in [0.1, 0.15) is 0 Å². The van der Waals surface area contributed by atoms with Gasteiger partial charge in [-0.15, -0.1) is 0 Å². The third-order valence-corrected chi connectivity index (χ3v) is 10.9. The van der Waals surface area contributed by atoms with Crippen LogP contribution in [0.5, 0.6) is 0 Å². The van der Waals surface area contributed by atoms with Crippen LogP contribution in [0.2, 0.25) is 0 Å². The zero-order chi connectivity index (χ0) is 15.5. The fraction of sp³-hybridized carbons (Fsp3) is 1.00. The standard InChI is InChI=1S/C18H35O3P/c19-22(20,17-12-6-2-7-13-17,18-14-8-3-9-15-18)21-16-10-4-1-5-11-16/h16-20H,1-15H2. The first-order valence-electron chi connectivity index (χ1n) is 9.78. The van der Waals surface area contributed by atoms with Crippen LogP contribution in [0.3, 0.4) is 0 Å². The summed E-state index contributed by atoms with van der Waals surface area (Å²) >= 11 is 0. The van der Waals surface area contributed by atoms with Gasteiger partial charge in [-0.25, -0.2) is 0 Å². The SMILES string of the molecule is OP(O)(OC1CCCCC1)(C1CCCCC1)C1CCCCC1. The van der Waals surface area contributed by atoms with Crippen molar-refractivity contribution in [2.75, 3.05) is 0 Å². The first-order chi connectivity index (χ1) is 10.6. The summed E-state index contributed by atoms with van der Waals surface area (Å²) in [6, 6.07) is 0. The molecule has 0 saturated heterocycles. The summed E-state index contributed by atoms with van der Waals surface area (Å²) in [6.45, 7) is 0. The van der Waals surface area contributed by atoms with Gasteiger partial charge in [0, 0.05) is 0 Å². The molecule has 0 spiro atoms. The molecule has 3 aliphatic carbocycles. The summed E-state index contributed by atoms with van der Waals surface area (Å²) in [5.41, 5.74) is 0.0644.